The molecule has 28 heavy (non-hydrogen) atoms. The molecule has 0 radical (unpaired) electrons. The normalized spacial score (nSPS) is 11.8. The van der Waals surface area contributed by atoms with Crippen LogP contribution in [0.2, 0.25) is 5.02 Å². The highest BCUT2D eigenvalue weighted by atomic mass is 35.5. The Hall–Kier alpha value is -2.74. The number of nitrogens with zero attached hydrogens (tertiary/aromatic N) is 3. The van der Waals surface area contributed by atoms with Crippen molar-refractivity contribution in [3.05, 3.63) is 89.3 Å². The second-order valence-electron chi connectivity index (χ2n) is 6.22. The van der Waals surface area contributed by atoms with Crippen molar-refractivity contribution in [2.24, 2.45) is 0 Å². The summed E-state index contributed by atoms with van der Waals surface area (Å²) in [5.41, 5.74) is 2.43. The maximum atomic E-state index is 12.5. The summed E-state index contributed by atoms with van der Waals surface area (Å²) in [5.74, 6) is 0.586. The minimum atomic E-state index is -3.63. The predicted octanol–water partition coefficient (Wildman–Crippen LogP) is 3.61. The summed E-state index contributed by atoms with van der Waals surface area (Å²) in [5, 5.41) is 0.660. The third-order valence-electron chi connectivity index (χ3n) is 4.31. The van der Waals surface area contributed by atoms with Crippen LogP contribution in [0.4, 0.5) is 0 Å². The average Bonchev–Trinajstić information content (AvgIpc) is 3.06. The number of halogens is 1. The Morgan fingerprint density at radius 2 is 1.71 bits per heavy atom. The lowest BCUT2D eigenvalue weighted by Gasteiger charge is -2.10. The van der Waals surface area contributed by atoms with Crippen molar-refractivity contribution in [1.29, 1.82) is 0 Å². The molecule has 0 saturated carbocycles. The number of hydrogen-bond donors (Lipinski definition) is 1. The zero-order valence-corrected chi connectivity index (χ0v) is 16.4. The van der Waals surface area contributed by atoms with E-state index in [-0.39, 0.29) is 11.4 Å². The number of pyridine rings is 1. The molecule has 2 aromatic carbocycles. The smallest absolute Gasteiger partial charge is 0.240 e. The van der Waals surface area contributed by atoms with E-state index in [1.807, 2.05) is 34.9 Å². The van der Waals surface area contributed by atoms with Crippen molar-refractivity contribution in [3.63, 3.8) is 0 Å². The standard InChI is InChI=1S/C20H17ClN4O2S/c21-16-10-8-15(9-11-16)14-25-19(24-18-7-4-12-22-20(18)25)13-23-28(26,27)17-5-2-1-3-6-17/h1-12,23H,13-14H2. The molecule has 0 unspecified atom stereocenters. The SMILES string of the molecule is O=S(=O)(NCc1nc2cccnc2n1Cc1ccc(Cl)cc1)c1ccccc1. The number of aromatic nitrogens is 3. The number of imidazole rings is 1. The van der Waals surface area contributed by atoms with Gasteiger partial charge in [0.25, 0.3) is 0 Å². The van der Waals surface area contributed by atoms with Gasteiger partial charge in [0.2, 0.25) is 10.0 Å². The van der Waals surface area contributed by atoms with Crippen molar-refractivity contribution in [2.45, 2.75) is 18.0 Å². The number of rotatable bonds is 6. The van der Waals surface area contributed by atoms with E-state index in [9.17, 15) is 8.42 Å². The first kappa shape index (κ1) is 18.6. The maximum absolute atomic E-state index is 12.5. The van der Waals surface area contributed by atoms with Crippen molar-refractivity contribution >= 4 is 32.8 Å². The van der Waals surface area contributed by atoms with Crippen molar-refractivity contribution in [1.82, 2.24) is 19.3 Å². The van der Waals surface area contributed by atoms with Gasteiger partial charge in [-0.2, -0.15) is 0 Å². The summed E-state index contributed by atoms with van der Waals surface area (Å²) in [4.78, 5) is 9.20. The summed E-state index contributed by atoms with van der Waals surface area (Å²) in [6, 6.07) is 19.4. The first-order valence-corrected chi connectivity index (χ1v) is 10.5. The van der Waals surface area contributed by atoms with Gasteiger partial charge in [0.1, 0.15) is 11.3 Å². The molecular formula is C20H17ClN4O2S. The van der Waals surface area contributed by atoms with Crippen LogP contribution >= 0.6 is 11.6 Å². The Kier molecular flexibility index (Phi) is 5.13. The minimum absolute atomic E-state index is 0.0567. The first-order chi connectivity index (χ1) is 13.5. The molecule has 0 atom stereocenters. The molecule has 0 saturated heterocycles. The lowest BCUT2D eigenvalue weighted by atomic mass is 10.2. The second kappa shape index (κ2) is 7.71. The lowest BCUT2D eigenvalue weighted by Crippen LogP contribution is -2.25. The van der Waals surface area contributed by atoms with Crippen molar-refractivity contribution in [3.8, 4) is 0 Å². The van der Waals surface area contributed by atoms with Crippen LogP contribution in [0.1, 0.15) is 11.4 Å². The van der Waals surface area contributed by atoms with E-state index in [2.05, 4.69) is 14.7 Å². The Morgan fingerprint density at radius 1 is 0.964 bits per heavy atom. The van der Waals surface area contributed by atoms with Gasteiger partial charge in [0.15, 0.2) is 5.65 Å². The fourth-order valence-electron chi connectivity index (χ4n) is 2.92. The molecule has 0 bridgehead atoms. The summed E-state index contributed by atoms with van der Waals surface area (Å²) < 4.78 is 29.6. The molecule has 142 valence electrons. The number of fused-ring (bicyclic) bond motifs is 1. The largest absolute Gasteiger partial charge is 0.307 e. The number of hydrogen-bond acceptors (Lipinski definition) is 4. The average molecular weight is 413 g/mol. The summed E-state index contributed by atoms with van der Waals surface area (Å²) in [7, 11) is -3.63. The molecule has 2 aromatic heterocycles. The first-order valence-electron chi connectivity index (χ1n) is 8.62. The number of benzene rings is 2. The third kappa shape index (κ3) is 3.91. The van der Waals surface area contributed by atoms with E-state index in [1.54, 1.807) is 42.6 Å². The monoisotopic (exact) mass is 412 g/mol. The Morgan fingerprint density at radius 3 is 2.46 bits per heavy atom. The predicted molar refractivity (Wildman–Crippen MR) is 109 cm³/mol. The van der Waals surface area contributed by atoms with E-state index >= 15 is 0 Å². The van der Waals surface area contributed by atoms with Crippen LogP contribution in [0.25, 0.3) is 11.2 Å². The van der Waals surface area contributed by atoms with Crippen LogP contribution in [-0.2, 0) is 23.1 Å². The van der Waals surface area contributed by atoms with Gasteiger partial charge in [-0.05, 0) is 42.0 Å². The van der Waals surface area contributed by atoms with Gasteiger partial charge in [0.05, 0.1) is 18.0 Å². The van der Waals surface area contributed by atoms with E-state index < -0.39 is 10.0 Å². The van der Waals surface area contributed by atoms with Crippen molar-refractivity contribution in [2.75, 3.05) is 0 Å². The Bertz CT molecular complexity index is 1210. The molecule has 0 aliphatic carbocycles. The maximum Gasteiger partial charge on any atom is 0.240 e. The second-order valence-corrected chi connectivity index (χ2v) is 8.43. The highest BCUT2D eigenvalue weighted by molar-refractivity contribution is 7.89. The summed E-state index contributed by atoms with van der Waals surface area (Å²) >= 11 is 5.97. The van der Waals surface area contributed by atoms with Gasteiger partial charge in [-0.1, -0.05) is 41.9 Å². The zero-order chi connectivity index (χ0) is 19.6. The molecule has 4 rings (SSSR count). The van der Waals surface area contributed by atoms with Crippen LogP contribution in [-0.4, -0.2) is 23.0 Å². The van der Waals surface area contributed by atoms with Crippen LogP contribution in [0, 0.1) is 0 Å². The van der Waals surface area contributed by atoms with Crippen LogP contribution in [0.3, 0.4) is 0 Å². The summed E-state index contributed by atoms with van der Waals surface area (Å²) in [6.07, 6.45) is 1.69. The minimum Gasteiger partial charge on any atom is -0.307 e. The topological polar surface area (TPSA) is 76.9 Å². The number of sulfonamides is 1. The van der Waals surface area contributed by atoms with Crippen LogP contribution in [0.15, 0.2) is 77.8 Å². The third-order valence-corrected chi connectivity index (χ3v) is 5.98. The van der Waals surface area contributed by atoms with Gasteiger partial charge in [-0.15, -0.1) is 0 Å². The van der Waals surface area contributed by atoms with Gasteiger partial charge >= 0.3 is 0 Å². The molecule has 2 heterocycles. The van der Waals surface area contributed by atoms with Crippen molar-refractivity contribution < 1.29 is 8.42 Å². The number of nitrogens with one attached hydrogen (secondary N) is 1. The van der Waals surface area contributed by atoms with E-state index in [1.165, 1.54) is 0 Å². The fourth-order valence-corrected chi connectivity index (χ4v) is 4.05. The molecular weight excluding hydrogens is 396 g/mol. The molecule has 4 aromatic rings. The van der Waals surface area contributed by atoms with E-state index in [0.717, 1.165) is 5.56 Å². The quantitative estimate of drug-likeness (QED) is 0.524. The molecule has 8 heteroatoms. The molecule has 0 spiro atoms. The highest BCUT2D eigenvalue weighted by Crippen LogP contribution is 2.18. The van der Waals surface area contributed by atoms with Gasteiger partial charge in [-0.25, -0.2) is 23.1 Å². The fraction of sp³-hybridized carbons (Fsp3) is 0.100. The van der Waals surface area contributed by atoms with Crippen LogP contribution < -0.4 is 4.72 Å². The van der Waals surface area contributed by atoms with E-state index in [0.29, 0.717) is 28.6 Å². The Balaban J connectivity index is 1.66. The molecule has 0 aliphatic heterocycles. The molecule has 0 amide bonds. The van der Waals surface area contributed by atoms with Crippen LogP contribution in [0.5, 0.6) is 0 Å². The molecule has 0 aliphatic rings. The van der Waals surface area contributed by atoms with E-state index in [4.69, 9.17) is 11.6 Å². The zero-order valence-electron chi connectivity index (χ0n) is 14.8. The van der Waals surface area contributed by atoms with Gasteiger partial charge in [-0.3, -0.25) is 0 Å². The highest BCUT2D eigenvalue weighted by Gasteiger charge is 2.17. The molecule has 1 N–H and O–H groups in total. The van der Waals surface area contributed by atoms with Gasteiger partial charge in [0, 0.05) is 11.2 Å². The van der Waals surface area contributed by atoms with Gasteiger partial charge < -0.3 is 4.57 Å². The Labute approximate surface area is 167 Å². The lowest BCUT2D eigenvalue weighted by molar-refractivity contribution is 0.576. The molecule has 0 fully saturated rings. The molecule has 6 nitrogen and oxygen atoms in total. The summed E-state index contributed by atoms with van der Waals surface area (Å²) in [6.45, 7) is 0.564.